The van der Waals surface area contributed by atoms with E-state index >= 15 is 0 Å². The van der Waals surface area contributed by atoms with Gasteiger partial charge in [-0.1, -0.05) is 179 Å². The molecule has 0 bridgehead atoms. The van der Waals surface area contributed by atoms with Gasteiger partial charge in [0.15, 0.2) is 5.58 Å². The number of hydrogen-bond donors (Lipinski definition) is 0. The number of rotatable bonds is 5. The van der Waals surface area contributed by atoms with Gasteiger partial charge in [0.25, 0.3) is 0 Å². The van der Waals surface area contributed by atoms with Crippen molar-refractivity contribution in [2.75, 3.05) is 9.71 Å². The van der Waals surface area contributed by atoms with Crippen LogP contribution in [0, 0.1) is 6.92 Å². The molecule has 0 unspecified atom stereocenters. The Morgan fingerprint density at radius 1 is 0.463 bits per heavy atom. The van der Waals surface area contributed by atoms with Crippen LogP contribution in [0.4, 0.5) is 28.4 Å². The first-order chi connectivity index (χ1) is 32.6. The molecule has 0 N–H and O–H groups in total. The highest BCUT2D eigenvalue weighted by atomic mass is 16.3. The van der Waals surface area contributed by atoms with E-state index in [0.717, 1.165) is 51.8 Å². The van der Waals surface area contributed by atoms with Crippen molar-refractivity contribution in [2.24, 2.45) is 0 Å². The zero-order valence-corrected chi connectivity index (χ0v) is 38.8. The molecule has 0 fully saturated rings. The first kappa shape index (κ1) is 39.8. The molecular weight excluding hydrogens is 812 g/mol. The second-order valence-corrected chi connectivity index (χ2v) is 20.4. The molecule has 3 nitrogen and oxygen atoms in total. The number of aryl methyl sites for hydroxylation is 1. The summed E-state index contributed by atoms with van der Waals surface area (Å²) in [5.74, 6) is 0. The van der Waals surface area contributed by atoms with Crippen molar-refractivity contribution < 1.29 is 4.42 Å². The topological polar surface area (TPSA) is 19.6 Å². The maximum absolute atomic E-state index is 7.24. The second kappa shape index (κ2) is 14.7. The Kier molecular flexibility index (Phi) is 8.74. The minimum Gasteiger partial charge on any atom is -0.454 e. The van der Waals surface area contributed by atoms with E-state index in [9.17, 15) is 0 Å². The zero-order valence-electron chi connectivity index (χ0n) is 38.8. The summed E-state index contributed by atoms with van der Waals surface area (Å²) in [6, 6.07) is 72.1. The number of anilines is 5. The Labute approximate surface area is 394 Å². The maximum atomic E-state index is 7.24. The van der Waals surface area contributed by atoms with Crippen LogP contribution in [0.5, 0.6) is 0 Å². The third kappa shape index (κ3) is 6.12. The van der Waals surface area contributed by atoms with Gasteiger partial charge in [0.05, 0.1) is 5.69 Å². The van der Waals surface area contributed by atoms with E-state index in [0.29, 0.717) is 0 Å². The van der Waals surface area contributed by atoms with Crippen molar-refractivity contribution in [3.05, 3.63) is 211 Å². The molecule has 4 heteroatoms. The van der Waals surface area contributed by atoms with Gasteiger partial charge in [-0.2, -0.15) is 0 Å². The van der Waals surface area contributed by atoms with E-state index in [1.54, 1.807) is 0 Å². The summed E-state index contributed by atoms with van der Waals surface area (Å²) in [6.07, 6.45) is 2.26. The van der Waals surface area contributed by atoms with Crippen LogP contribution in [0.15, 0.2) is 199 Å². The SMILES string of the molecule is Cc1ccc(-c2ccccc2)cc1N1c2cc3c(cc2B2c4c(cc5c(oc6ccccc65)c41)-c1ccc(-c4ccccc4)cc1N2c1ccc(-c2ccccc2)cc1)C(C)(C)CCC3(C)C. The summed E-state index contributed by atoms with van der Waals surface area (Å²) in [6.45, 7) is 11.9. The molecule has 13 rings (SSSR count). The molecule has 3 heterocycles. The summed E-state index contributed by atoms with van der Waals surface area (Å²) in [5, 5.41) is 2.26. The quantitative estimate of drug-likeness (QED) is 0.161. The third-order valence-corrected chi connectivity index (χ3v) is 15.4. The second-order valence-electron chi connectivity index (χ2n) is 20.4. The standard InChI is InChI=1S/C63H51BN2O/c1-40-25-26-45(42-19-11-7-12-20-42)35-55(40)65-57-39-53-52(62(2,3)33-34-63(53,4)5)38-54(57)64-59-50(37-51-49-23-15-16-24-58(49)67-61(51)60(59)65)48-32-29-46(43-21-13-8-14-22-43)36-56(48)66(64)47-30-27-44(28-31-47)41-17-9-6-10-18-41/h6-32,35-39H,33-34H2,1-5H3. The van der Waals surface area contributed by atoms with Crippen LogP contribution in [-0.2, 0) is 10.8 Å². The lowest BCUT2D eigenvalue weighted by atomic mass is 9.42. The molecule has 10 aromatic rings. The van der Waals surface area contributed by atoms with Crippen LogP contribution in [-0.4, -0.2) is 6.85 Å². The summed E-state index contributed by atoms with van der Waals surface area (Å²) >= 11 is 0. The monoisotopic (exact) mass is 862 g/mol. The highest BCUT2D eigenvalue weighted by molar-refractivity contribution is 6.94. The van der Waals surface area contributed by atoms with Crippen molar-refractivity contribution in [3.63, 3.8) is 0 Å². The molecular formula is C63H51BN2O. The van der Waals surface area contributed by atoms with E-state index in [1.165, 1.54) is 83.5 Å². The first-order valence-electron chi connectivity index (χ1n) is 23.9. The minimum absolute atomic E-state index is 0.00509. The molecule has 2 aliphatic heterocycles. The highest BCUT2D eigenvalue weighted by Crippen LogP contribution is 2.54. The maximum Gasteiger partial charge on any atom is 0.333 e. The van der Waals surface area contributed by atoms with Crippen LogP contribution in [0.1, 0.15) is 57.2 Å². The highest BCUT2D eigenvalue weighted by Gasteiger charge is 2.49. The fourth-order valence-electron chi connectivity index (χ4n) is 11.7. The Bertz CT molecular complexity index is 3590. The smallest absolute Gasteiger partial charge is 0.333 e. The molecule has 0 saturated carbocycles. The Balaban J connectivity index is 1.19. The molecule has 3 aliphatic rings. The average molecular weight is 863 g/mol. The van der Waals surface area contributed by atoms with Gasteiger partial charge in [0.2, 0.25) is 0 Å². The van der Waals surface area contributed by atoms with Crippen molar-refractivity contribution in [2.45, 2.75) is 58.3 Å². The number of benzene rings is 9. The summed E-state index contributed by atoms with van der Waals surface area (Å²) in [5.41, 5.74) is 24.0. The van der Waals surface area contributed by atoms with Crippen LogP contribution >= 0.6 is 0 Å². The molecule has 67 heavy (non-hydrogen) atoms. The van der Waals surface area contributed by atoms with Gasteiger partial charge in [-0.05, 0) is 140 Å². The first-order valence-corrected chi connectivity index (χ1v) is 23.9. The molecule has 9 aromatic carbocycles. The lowest BCUT2D eigenvalue weighted by Crippen LogP contribution is -2.62. The molecule has 0 spiro atoms. The van der Waals surface area contributed by atoms with Crippen molar-refractivity contribution >= 4 is 68.1 Å². The average Bonchev–Trinajstić information content (AvgIpc) is 3.74. The largest absolute Gasteiger partial charge is 0.454 e. The molecule has 322 valence electrons. The van der Waals surface area contributed by atoms with Gasteiger partial charge in [-0.25, -0.2) is 0 Å². The van der Waals surface area contributed by atoms with E-state index in [2.05, 4.69) is 238 Å². The van der Waals surface area contributed by atoms with Gasteiger partial charge < -0.3 is 14.1 Å². The van der Waals surface area contributed by atoms with Gasteiger partial charge >= 0.3 is 6.85 Å². The normalized spacial score (nSPS) is 15.3. The Hall–Kier alpha value is -7.56. The Morgan fingerprint density at radius 2 is 1.00 bits per heavy atom. The van der Waals surface area contributed by atoms with Crippen LogP contribution in [0.2, 0.25) is 0 Å². The zero-order chi connectivity index (χ0) is 45.2. The molecule has 1 aromatic heterocycles. The van der Waals surface area contributed by atoms with E-state index < -0.39 is 0 Å². The lowest BCUT2D eigenvalue weighted by Gasteiger charge is -2.48. The van der Waals surface area contributed by atoms with Gasteiger partial charge in [-0.3, -0.25) is 0 Å². The number of para-hydroxylation sites is 1. The molecule has 0 atom stereocenters. The van der Waals surface area contributed by atoms with E-state index in [-0.39, 0.29) is 17.7 Å². The van der Waals surface area contributed by atoms with Crippen LogP contribution < -0.4 is 20.6 Å². The number of fused-ring (bicyclic) bond motifs is 9. The van der Waals surface area contributed by atoms with Crippen molar-refractivity contribution in [3.8, 4) is 44.5 Å². The van der Waals surface area contributed by atoms with Crippen molar-refractivity contribution in [1.82, 2.24) is 0 Å². The molecule has 0 amide bonds. The van der Waals surface area contributed by atoms with Crippen LogP contribution in [0.25, 0.3) is 66.4 Å². The summed E-state index contributed by atoms with van der Waals surface area (Å²) in [7, 11) is 0. The molecule has 0 radical (unpaired) electrons. The van der Waals surface area contributed by atoms with Gasteiger partial charge in [0, 0.05) is 39.1 Å². The predicted octanol–water partition coefficient (Wildman–Crippen LogP) is 16.0. The summed E-state index contributed by atoms with van der Waals surface area (Å²) in [4.78, 5) is 5.27. The Morgan fingerprint density at radius 3 is 1.66 bits per heavy atom. The summed E-state index contributed by atoms with van der Waals surface area (Å²) < 4.78 is 7.24. The molecule has 0 saturated heterocycles. The lowest BCUT2D eigenvalue weighted by molar-refractivity contribution is 0.332. The fourth-order valence-corrected chi connectivity index (χ4v) is 11.7. The van der Waals surface area contributed by atoms with E-state index in [4.69, 9.17) is 4.42 Å². The fraction of sp³-hybridized carbons (Fsp3) is 0.143. The number of hydrogen-bond acceptors (Lipinski definition) is 3. The number of furan rings is 1. The van der Waals surface area contributed by atoms with Crippen molar-refractivity contribution in [1.29, 1.82) is 0 Å². The molecule has 1 aliphatic carbocycles. The predicted molar refractivity (Wildman–Crippen MR) is 284 cm³/mol. The number of nitrogens with zero attached hydrogens (tertiary/aromatic N) is 2. The minimum atomic E-state index is -0.182. The van der Waals surface area contributed by atoms with Gasteiger partial charge in [-0.15, -0.1) is 0 Å². The van der Waals surface area contributed by atoms with Crippen LogP contribution in [0.3, 0.4) is 0 Å². The third-order valence-electron chi connectivity index (χ3n) is 15.4. The van der Waals surface area contributed by atoms with Gasteiger partial charge in [0.1, 0.15) is 5.58 Å². The van der Waals surface area contributed by atoms with E-state index in [1.807, 2.05) is 0 Å².